The van der Waals surface area contributed by atoms with Gasteiger partial charge in [-0.25, -0.2) is 9.07 Å². The fourth-order valence-corrected chi connectivity index (χ4v) is 2.91. The van der Waals surface area contributed by atoms with E-state index in [1.807, 2.05) is 30.3 Å². The van der Waals surface area contributed by atoms with E-state index >= 15 is 4.39 Å². The lowest BCUT2D eigenvalue weighted by molar-refractivity contribution is 0.0870. The number of para-hydroxylation sites is 1. The van der Waals surface area contributed by atoms with E-state index in [1.165, 1.54) is 0 Å². The summed E-state index contributed by atoms with van der Waals surface area (Å²) < 4.78 is 16.9. The van der Waals surface area contributed by atoms with Crippen LogP contribution in [0.2, 0.25) is 0 Å². The van der Waals surface area contributed by atoms with Gasteiger partial charge in [-0.05, 0) is 37.5 Å². The van der Waals surface area contributed by atoms with Crippen LogP contribution in [0.4, 0.5) is 4.39 Å². The molecule has 1 saturated carbocycles. The summed E-state index contributed by atoms with van der Waals surface area (Å²) in [5, 5.41) is 4.27. The van der Waals surface area contributed by atoms with Crippen LogP contribution >= 0.6 is 0 Å². The first-order valence-corrected chi connectivity index (χ1v) is 6.73. The van der Waals surface area contributed by atoms with Crippen LogP contribution in [0.3, 0.4) is 0 Å². The van der Waals surface area contributed by atoms with Gasteiger partial charge in [-0.15, -0.1) is 0 Å². The van der Waals surface area contributed by atoms with Gasteiger partial charge in [0.1, 0.15) is 0 Å². The standard InChI is InChI=1S/C15H18FN3/c16-15(9-4-5-12(17)11-15)14-8-10-18-19(14)13-6-2-1-3-7-13/h1-3,6-8,10,12H,4-5,9,11,17H2. The number of benzene rings is 1. The first kappa shape index (κ1) is 12.4. The average molecular weight is 259 g/mol. The lowest BCUT2D eigenvalue weighted by Gasteiger charge is -2.33. The normalized spacial score (nSPS) is 27.4. The average Bonchev–Trinajstić information content (AvgIpc) is 2.89. The zero-order chi connectivity index (χ0) is 13.3. The first-order valence-electron chi connectivity index (χ1n) is 6.73. The maximum atomic E-state index is 15.2. The van der Waals surface area contributed by atoms with E-state index in [0.29, 0.717) is 18.5 Å². The molecule has 1 aromatic carbocycles. The van der Waals surface area contributed by atoms with Crippen LogP contribution in [-0.2, 0) is 5.67 Å². The number of hydrogen-bond donors (Lipinski definition) is 1. The van der Waals surface area contributed by atoms with E-state index in [9.17, 15) is 0 Å². The monoisotopic (exact) mass is 259 g/mol. The van der Waals surface area contributed by atoms with Gasteiger partial charge >= 0.3 is 0 Å². The van der Waals surface area contributed by atoms with Crippen LogP contribution in [-0.4, -0.2) is 15.8 Å². The third-order valence-corrected chi connectivity index (χ3v) is 3.84. The highest BCUT2D eigenvalue weighted by molar-refractivity contribution is 5.34. The molecule has 100 valence electrons. The Bertz CT molecular complexity index is 552. The molecule has 0 amide bonds. The number of halogens is 1. The summed E-state index contributed by atoms with van der Waals surface area (Å²) in [6.07, 6.45) is 4.30. The highest BCUT2D eigenvalue weighted by Crippen LogP contribution is 2.40. The maximum absolute atomic E-state index is 15.2. The molecule has 2 N–H and O–H groups in total. The summed E-state index contributed by atoms with van der Waals surface area (Å²) in [6.45, 7) is 0. The molecule has 1 heterocycles. The first-order chi connectivity index (χ1) is 9.19. The van der Waals surface area contributed by atoms with E-state index in [1.54, 1.807) is 16.9 Å². The van der Waals surface area contributed by atoms with Crippen molar-refractivity contribution in [2.24, 2.45) is 5.73 Å². The smallest absolute Gasteiger partial charge is 0.154 e. The van der Waals surface area contributed by atoms with Crippen LogP contribution in [0.25, 0.3) is 5.69 Å². The van der Waals surface area contributed by atoms with Gasteiger partial charge in [-0.2, -0.15) is 5.10 Å². The molecule has 0 saturated heterocycles. The largest absolute Gasteiger partial charge is 0.328 e. The molecule has 1 aliphatic rings. The number of nitrogens with two attached hydrogens (primary N) is 1. The Labute approximate surface area is 112 Å². The molecule has 1 aliphatic carbocycles. The molecule has 0 spiro atoms. The summed E-state index contributed by atoms with van der Waals surface area (Å²) in [5.41, 5.74) is 6.09. The Balaban J connectivity index is 2.00. The second kappa shape index (κ2) is 4.78. The summed E-state index contributed by atoms with van der Waals surface area (Å²) in [6, 6.07) is 11.4. The van der Waals surface area contributed by atoms with Crippen molar-refractivity contribution >= 4 is 0 Å². The molecular formula is C15H18FN3. The van der Waals surface area contributed by atoms with Gasteiger partial charge in [0.05, 0.1) is 11.4 Å². The summed E-state index contributed by atoms with van der Waals surface area (Å²) >= 11 is 0. The molecule has 2 aromatic rings. The fourth-order valence-electron chi connectivity index (χ4n) is 2.91. The number of hydrogen-bond acceptors (Lipinski definition) is 2. The predicted molar refractivity (Wildman–Crippen MR) is 72.8 cm³/mol. The minimum absolute atomic E-state index is 0.0575. The van der Waals surface area contributed by atoms with Crippen LogP contribution in [0.15, 0.2) is 42.6 Å². The SMILES string of the molecule is NC1CCCC(F)(c2ccnn2-c2ccccc2)C1. The third kappa shape index (κ3) is 2.28. The van der Waals surface area contributed by atoms with E-state index in [0.717, 1.165) is 18.5 Å². The van der Waals surface area contributed by atoms with Crippen molar-refractivity contribution in [3.63, 3.8) is 0 Å². The number of rotatable bonds is 2. The van der Waals surface area contributed by atoms with E-state index in [2.05, 4.69) is 5.10 Å². The molecule has 19 heavy (non-hydrogen) atoms. The van der Waals surface area contributed by atoms with Crippen LogP contribution < -0.4 is 5.73 Å². The predicted octanol–water partition coefficient (Wildman–Crippen LogP) is 2.94. The second-order valence-corrected chi connectivity index (χ2v) is 5.29. The lowest BCUT2D eigenvalue weighted by Crippen LogP contribution is -2.37. The zero-order valence-corrected chi connectivity index (χ0v) is 10.8. The van der Waals surface area contributed by atoms with Gasteiger partial charge in [0, 0.05) is 18.7 Å². The van der Waals surface area contributed by atoms with E-state index in [4.69, 9.17) is 5.73 Å². The molecule has 1 fully saturated rings. The molecule has 0 bridgehead atoms. The summed E-state index contributed by atoms with van der Waals surface area (Å²) in [7, 11) is 0. The Kier molecular flexibility index (Phi) is 3.11. The summed E-state index contributed by atoms with van der Waals surface area (Å²) in [5.74, 6) is 0. The van der Waals surface area contributed by atoms with Crippen molar-refractivity contribution in [2.75, 3.05) is 0 Å². The number of nitrogens with zero attached hydrogens (tertiary/aromatic N) is 2. The lowest BCUT2D eigenvalue weighted by atomic mass is 9.81. The van der Waals surface area contributed by atoms with Crippen LogP contribution in [0.1, 0.15) is 31.4 Å². The van der Waals surface area contributed by atoms with Gasteiger partial charge in [0.2, 0.25) is 0 Å². The topological polar surface area (TPSA) is 43.8 Å². The second-order valence-electron chi connectivity index (χ2n) is 5.29. The molecule has 3 nitrogen and oxygen atoms in total. The highest BCUT2D eigenvalue weighted by Gasteiger charge is 2.39. The molecule has 0 radical (unpaired) electrons. The minimum Gasteiger partial charge on any atom is -0.328 e. The summed E-state index contributed by atoms with van der Waals surface area (Å²) in [4.78, 5) is 0. The Morgan fingerprint density at radius 1 is 1.26 bits per heavy atom. The number of alkyl halides is 1. The van der Waals surface area contributed by atoms with Gasteiger partial charge in [0.25, 0.3) is 0 Å². The van der Waals surface area contributed by atoms with Gasteiger partial charge in [0.15, 0.2) is 5.67 Å². The van der Waals surface area contributed by atoms with E-state index in [-0.39, 0.29) is 6.04 Å². The van der Waals surface area contributed by atoms with Crippen molar-refractivity contribution in [1.29, 1.82) is 0 Å². The van der Waals surface area contributed by atoms with Crippen molar-refractivity contribution in [1.82, 2.24) is 9.78 Å². The Morgan fingerprint density at radius 3 is 2.79 bits per heavy atom. The highest BCUT2D eigenvalue weighted by atomic mass is 19.1. The van der Waals surface area contributed by atoms with Gasteiger partial charge < -0.3 is 5.73 Å². The van der Waals surface area contributed by atoms with Crippen LogP contribution in [0.5, 0.6) is 0 Å². The van der Waals surface area contributed by atoms with E-state index < -0.39 is 5.67 Å². The molecule has 2 atom stereocenters. The van der Waals surface area contributed by atoms with Crippen molar-refractivity contribution in [2.45, 2.75) is 37.4 Å². The Hall–Kier alpha value is -1.68. The van der Waals surface area contributed by atoms with Crippen molar-refractivity contribution < 1.29 is 4.39 Å². The zero-order valence-electron chi connectivity index (χ0n) is 10.8. The molecule has 0 aliphatic heterocycles. The van der Waals surface area contributed by atoms with Crippen molar-refractivity contribution in [3.05, 3.63) is 48.3 Å². The Morgan fingerprint density at radius 2 is 2.05 bits per heavy atom. The molecular weight excluding hydrogens is 241 g/mol. The number of aromatic nitrogens is 2. The van der Waals surface area contributed by atoms with Crippen molar-refractivity contribution in [3.8, 4) is 5.69 Å². The quantitative estimate of drug-likeness (QED) is 0.901. The molecule has 2 unspecified atom stereocenters. The molecule has 4 heteroatoms. The maximum Gasteiger partial charge on any atom is 0.154 e. The minimum atomic E-state index is -1.36. The van der Waals surface area contributed by atoms with Gasteiger partial charge in [-0.3, -0.25) is 0 Å². The third-order valence-electron chi connectivity index (χ3n) is 3.84. The molecule has 1 aromatic heterocycles. The van der Waals surface area contributed by atoms with Crippen LogP contribution in [0, 0.1) is 0 Å². The van der Waals surface area contributed by atoms with Gasteiger partial charge in [-0.1, -0.05) is 18.2 Å². The fraction of sp³-hybridized carbons (Fsp3) is 0.400. The molecule has 3 rings (SSSR count).